The smallest absolute Gasteiger partial charge is 0.307 e. The molecular formula is C21H30O3. The summed E-state index contributed by atoms with van der Waals surface area (Å²) in [4.78, 5) is 24.0. The Morgan fingerprint density at radius 3 is 2.58 bits per heavy atom. The summed E-state index contributed by atoms with van der Waals surface area (Å²) in [6.45, 7) is 4.73. The highest BCUT2D eigenvalue weighted by Crippen LogP contribution is 2.71. The Labute approximate surface area is 144 Å². The molecule has 0 radical (unpaired) electrons. The molecule has 0 bridgehead atoms. The summed E-state index contributed by atoms with van der Waals surface area (Å²) in [7, 11) is 0. The van der Waals surface area contributed by atoms with Crippen LogP contribution >= 0.6 is 0 Å². The third-order valence-electron chi connectivity index (χ3n) is 9.62. The van der Waals surface area contributed by atoms with E-state index in [-0.39, 0.29) is 11.3 Å². The second kappa shape index (κ2) is 4.65. The normalized spacial score (nSPS) is 58.2. The predicted molar refractivity (Wildman–Crippen MR) is 90.2 cm³/mol. The maximum Gasteiger partial charge on any atom is 0.307 e. The molecule has 3 heteroatoms. The third-order valence-corrected chi connectivity index (χ3v) is 9.62. The van der Waals surface area contributed by atoms with Crippen molar-refractivity contribution in [1.82, 2.24) is 0 Å². The molecule has 5 aliphatic rings. The topological polar surface area (TPSA) is 54.4 Å². The molecule has 132 valence electrons. The number of carbonyl (C=O) groups is 2. The van der Waals surface area contributed by atoms with E-state index in [4.69, 9.17) is 0 Å². The van der Waals surface area contributed by atoms with Crippen LogP contribution in [0.15, 0.2) is 0 Å². The van der Waals surface area contributed by atoms with Crippen LogP contribution in [0.4, 0.5) is 0 Å². The van der Waals surface area contributed by atoms with Gasteiger partial charge in [0.05, 0.1) is 5.92 Å². The number of carboxylic acids is 1. The lowest BCUT2D eigenvalue weighted by Crippen LogP contribution is -2.53. The highest BCUT2D eigenvalue weighted by atomic mass is 16.4. The van der Waals surface area contributed by atoms with Crippen molar-refractivity contribution < 1.29 is 14.7 Å². The number of carboxylic acid groups (broad SMARTS) is 1. The molecule has 0 aromatic carbocycles. The molecule has 3 nitrogen and oxygen atoms in total. The number of fused-ring (bicyclic) bond motifs is 6. The quantitative estimate of drug-likeness (QED) is 0.785. The summed E-state index contributed by atoms with van der Waals surface area (Å²) in [6, 6.07) is 0. The van der Waals surface area contributed by atoms with Crippen LogP contribution in [0.5, 0.6) is 0 Å². The van der Waals surface area contributed by atoms with Crippen LogP contribution in [0.1, 0.15) is 65.2 Å². The van der Waals surface area contributed by atoms with Crippen LogP contribution in [0, 0.1) is 52.3 Å². The molecule has 0 aromatic heterocycles. The van der Waals surface area contributed by atoms with Crippen LogP contribution in [-0.2, 0) is 9.59 Å². The Morgan fingerprint density at radius 1 is 1.04 bits per heavy atom. The van der Waals surface area contributed by atoms with Crippen LogP contribution < -0.4 is 0 Å². The molecule has 0 aromatic rings. The van der Waals surface area contributed by atoms with Gasteiger partial charge < -0.3 is 5.11 Å². The largest absolute Gasteiger partial charge is 0.481 e. The summed E-state index contributed by atoms with van der Waals surface area (Å²) in [6.07, 6.45) is 9.04. The number of hydrogen-bond donors (Lipinski definition) is 1. The molecule has 0 saturated heterocycles. The van der Waals surface area contributed by atoms with Gasteiger partial charge in [0.25, 0.3) is 0 Å². The molecule has 0 spiro atoms. The van der Waals surface area contributed by atoms with E-state index >= 15 is 0 Å². The van der Waals surface area contributed by atoms with Gasteiger partial charge in [0.1, 0.15) is 5.78 Å². The van der Waals surface area contributed by atoms with E-state index in [1.54, 1.807) is 0 Å². The molecule has 0 aliphatic heterocycles. The Balaban J connectivity index is 1.44. The second-order valence-electron chi connectivity index (χ2n) is 10.2. The van der Waals surface area contributed by atoms with Crippen molar-refractivity contribution in [3.63, 3.8) is 0 Å². The Bertz CT molecular complexity index is 612. The summed E-state index contributed by atoms with van der Waals surface area (Å²) >= 11 is 0. The molecule has 0 heterocycles. The number of aliphatic carboxylic acids is 1. The minimum atomic E-state index is -0.554. The standard InChI is InChI=1S/C21H30O3/c1-20-8-7-16-12(15(20)5-6-17(20)22)4-3-11-9-13-14(10-21(11,16)2)18(13)19(23)24/h11-16,18H,3-10H2,1-2H3,(H,23,24). The molecule has 5 aliphatic carbocycles. The number of Topliss-reactive ketones (excluding diaryl/α,β-unsaturated/α-hetero) is 1. The van der Waals surface area contributed by atoms with Crippen molar-refractivity contribution in [2.45, 2.75) is 65.2 Å². The lowest BCUT2D eigenvalue weighted by molar-refractivity contribution is -0.140. The van der Waals surface area contributed by atoms with Crippen molar-refractivity contribution in [3.05, 3.63) is 0 Å². The average molecular weight is 330 g/mol. The monoisotopic (exact) mass is 330 g/mol. The number of rotatable bonds is 1. The minimum absolute atomic E-state index is 0.0370. The van der Waals surface area contributed by atoms with Gasteiger partial charge >= 0.3 is 5.97 Å². The van der Waals surface area contributed by atoms with Gasteiger partial charge in [-0.25, -0.2) is 0 Å². The molecular weight excluding hydrogens is 300 g/mol. The highest BCUT2D eigenvalue weighted by Gasteiger charge is 2.67. The van der Waals surface area contributed by atoms with Crippen molar-refractivity contribution in [1.29, 1.82) is 0 Å². The maximum absolute atomic E-state index is 12.5. The molecule has 5 saturated carbocycles. The first-order chi connectivity index (χ1) is 11.4. The Kier molecular flexibility index (Phi) is 2.98. The Hall–Kier alpha value is -0.860. The van der Waals surface area contributed by atoms with Crippen molar-refractivity contribution in [3.8, 4) is 0 Å². The third kappa shape index (κ3) is 1.74. The van der Waals surface area contributed by atoms with Crippen LogP contribution in [-0.4, -0.2) is 16.9 Å². The van der Waals surface area contributed by atoms with Gasteiger partial charge in [-0.15, -0.1) is 0 Å². The fraction of sp³-hybridized carbons (Fsp3) is 0.905. The van der Waals surface area contributed by atoms with E-state index in [1.807, 2.05) is 0 Å². The zero-order valence-electron chi connectivity index (χ0n) is 15.0. The number of hydrogen-bond acceptors (Lipinski definition) is 2. The first-order valence-corrected chi connectivity index (χ1v) is 10.1. The van der Waals surface area contributed by atoms with Gasteiger partial charge in [-0.3, -0.25) is 9.59 Å². The fourth-order valence-electron chi connectivity index (χ4n) is 8.26. The van der Waals surface area contributed by atoms with E-state index in [0.717, 1.165) is 49.9 Å². The lowest BCUT2D eigenvalue weighted by atomic mass is 9.45. The summed E-state index contributed by atoms with van der Waals surface area (Å²) < 4.78 is 0. The lowest BCUT2D eigenvalue weighted by Gasteiger charge is -2.59. The van der Waals surface area contributed by atoms with Crippen molar-refractivity contribution in [2.24, 2.45) is 52.3 Å². The summed E-state index contributed by atoms with van der Waals surface area (Å²) in [5.41, 5.74) is 0.298. The molecule has 1 N–H and O–H groups in total. The van der Waals surface area contributed by atoms with Crippen molar-refractivity contribution in [2.75, 3.05) is 0 Å². The number of carbonyl (C=O) groups excluding carboxylic acids is 1. The van der Waals surface area contributed by atoms with Gasteiger partial charge in [-0.2, -0.15) is 0 Å². The van der Waals surface area contributed by atoms with Gasteiger partial charge in [0, 0.05) is 11.8 Å². The maximum atomic E-state index is 12.5. The highest BCUT2D eigenvalue weighted by molar-refractivity contribution is 5.87. The zero-order chi connectivity index (χ0) is 16.9. The SMILES string of the molecule is CC12CCC3C(CCC4CC5C(CC43C)C5C(=O)O)C1CCC2=O. The van der Waals surface area contributed by atoms with E-state index in [9.17, 15) is 14.7 Å². The first kappa shape index (κ1) is 15.4. The van der Waals surface area contributed by atoms with Crippen LogP contribution in [0.3, 0.4) is 0 Å². The number of ketones is 1. The average Bonchev–Trinajstić information content (AvgIpc) is 3.13. The minimum Gasteiger partial charge on any atom is -0.481 e. The van der Waals surface area contributed by atoms with Gasteiger partial charge in [-0.05, 0) is 85.9 Å². The van der Waals surface area contributed by atoms with Crippen LogP contribution in [0.25, 0.3) is 0 Å². The van der Waals surface area contributed by atoms with Gasteiger partial charge in [0.15, 0.2) is 0 Å². The molecule has 5 fully saturated rings. The van der Waals surface area contributed by atoms with Gasteiger partial charge in [-0.1, -0.05) is 13.8 Å². The molecule has 9 atom stereocenters. The molecule has 5 rings (SSSR count). The molecule has 9 unspecified atom stereocenters. The van der Waals surface area contributed by atoms with Crippen molar-refractivity contribution >= 4 is 11.8 Å². The van der Waals surface area contributed by atoms with E-state index in [2.05, 4.69) is 13.8 Å². The second-order valence-corrected chi connectivity index (χ2v) is 10.2. The van der Waals surface area contributed by atoms with E-state index in [0.29, 0.717) is 29.0 Å². The van der Waals surface area contributed by atoms with E-state index in [1.165, 1.54) is 19.3 Å². The summed E-state index contributed by atoms with van der Waals surface area (Å²) in [5.74, 6) is 3.62. The molecule has 0 amide bonds. The fourth-order valence-corrected chi connectivity index (χ4v) is 8.26. The van der Waals surface area contributed by atoms with Crippen LogP contribution in [0.2, 0.25) is 0 Å². The predicted octanol–water partition coefficient (Wildman–Crippen LogP) is 4.15. The first-order valence-electron chi connectivity index (χ1n) is 10.1. The van der Waals surface area contributed by atoms with E-state index < -0.39 is 5.97 Å². The Morgan fingerprint density at radius 2 is 1.83 bits per heavy atom. The van der Waals surface area contributed by atoms with Gasteiger partial charge in [0.2, 0.25) is 0 Å². The molecule has 24 heavy (non-hydrogen) atoms. The zero-order valence-corrected chi connectivity index (χ0v) is 15.0. The summed E-state index contributed by atoms with van der Waals surface area (Å²) in [5, 5.41) is 9.48.